The highest BCUT2D eigenvalue weighted by Crippen LogP contribution is 2.37. The van der Waals surface area contributed by atoms with Crippen molar-refractivity contribution < 1.29 is 4.79 Å². The van der Waals surface area contributed by atoms with Crippen LogP contribution in [0.5, 0.6) is 0 Å². The zero-order valence-electron chi connectivity index (χ0n) is 18.3. The number of rotatable bonds is 3. The summed E-state index contributed by atoms with van der Waals surface area (Å²) in [5, 5.41) is 9.74. The Balaban J connectivity index is 1.53. The summed E-state index contributed by atoms with van der Waals surface area (Å²) in [6.45, 7) is 5.32. The minimum absolute atomic E-state index is 0.159. The predicted molar refractivity (Wildman–Crippen MR) is 130 cm³/mol. The second-order valence-electron chi connectivity index (χ2n) is 8.77. The fraction of sp³-hybridized carbons (Fsp3) is 0.346. The third-order valence-electron chi connectivity index (χ3n) is 6.57. The van der Waals surface area contributed by atoms with Crippen molar-refractivity contribution in [1.82, 2.24) is 4.90 Å². The van der Waals surface area contributed by atoms with E-state index in [9.17, 15) is 4.79 Å². The summed E-state index contributed by atoms with van der Waals surface area (Å²) in [7, 11) is 2.17. The molecule has 2 aliphatic rings. The van der Waals surface area contributed by atoms with Crippen molar-refractivity contribution in [3.05, 3.63) is 54.6 Å². The molecule has 1 atom stereocenters. The summed E-state index contributed by atoms with van der Waals surface area (Å²) in [6.07, 6.45) is 2.12. The van der Waals surface area contributed by atoms with Crippen molar-refractivity contribution in [2.45, 2.75) is 25.8 Å². The molecule has 160 valence electrons. The van der Waals surface area contributed by atoms with Crippen LogP contribution in [0.4, 0.5) is 17.1 Å². The van der Waals surface area contributed by atoms with E-state index in [0.29, 0.717) is 6.04 Å². The van der Waals surface area contributed by atoms with Gasteiger partial charge in [0.25, 0.3) is 0 Å². The first-order valence-electron chi connectivity index (χ1n) is 11.2. The van der Waals surface area contributed by atoms with Gasteiger partial charge in [0.15, 0.2) is 0 Å². The fourth-order valence-corrected chi connectivity index (χ4v) is 4.86. The molecule has 31 heavy (non-hydrogen) atoms. The van der Waals surface area contributed by atoms with Gasteiger partial charge in [-0.05, 0) is 59.0 Å². The zero-order valence-corrected chi connectivity index (χ0v) is 18.3. The number of hydrogen-bond acceptors (Lipinski definition) is 4. The van der Waals surface area contributed by atoms with Gasteiger partial charge in [-0.3, -0.25) is 4.79 Å². The molecule has 1 fully saturated rings. The van der Waals surface area contributed by atoms with Crippen LogP contribution >= 0.6 is 0 Å². The van der Waals surface area contributed by atoms with Crippen LogP contribution in [0, 0.1) is 0 Å². The molecule has 2 heterocycles. The minimum atomic E-state index is 0.159. The van der Waals surface area contributed by atoms with Crippen LogP contribution in [-0.4, -0.2) is 50.1 Å². The van der Waals surface area contributed by atoms with E-state index in [1.54, 1.807) is 6.92 Å². The average Bonchev–Trinajstić information content (AvgIpc) is 3.17. The third-order valence-corrected chi connectivity index (χ3v) is 6.57. The second-order valence-corrected chi connectivity index (χ2v) is 8.77. The Bertz CT molecular complexity index is 1130. The fourth-order valence-electron chi connectivity index (χ4n) is 4.86. The van der Waals surface area contributed by atoms with Crippen LogP contribution in [0.25, 0.3) is 21.9 Å². The van der Waals surface area contributed by atoms with Crippen molar-refractivity contribution in [2.24, 2.45) is 0 Å². The number of carbonyl (C=O) groups is 1. The van der Waals surface area contributed by atoms with Gasteiger partial charge in [0.1, 0.15) is 0 Å². The number of benzene rings is 3. The summed E-state index contributed by atoms with van der Waals surface area (Å²) < 4.78 is 0. The van der Waals surface area contributed by atoms with Gasteiger partial charge in [-0.2, -0.15) is 0 Å². The van der Waals surface area contributed by atoms with Crippen molar-refractivity contribution in [1.29, 1.82) is 0 Å². The summed E-state index contributed by atoms with van der Waals surface area (Å²) in [5.41, 5.74) is 6.04. The van der Waals surface area contributed by atoms with Gasteiger partial charge in [-0.25, -0.2) is 0 Å². The minimum Gasteiger partial charge on any atom is -0.383 e. The number of fused-ring (bicyclic) bond motifs is 2. The standard InChI is InChI=1S/C26H30N4O/c1-18(31)30-13-10-21(17-30)28-22-14-19-6-3-4-7-23(19)24(16-22)20-8-9-25-26(15-20)29(2)12-5-11-27-25/h3-4,6-9,14-16,21,27-28H,5,10-13,17H2,1-2H3/t21-/m0/s1. The molecular weight excluding hydrogens is 384 g/mol. The maximum Gasteiger partial charge on any atom is 0.219 e. The van der Waals surface area contributed by atoms with E-state index in [1.165, 1.54) is 33.3 Å². The van der Waals surface area contributed by atoms with Crippen molar-refractivity contribution in [3.63, 3.8) is 0 Å². The molecular formula is C26H30N4O. The molecule has 0 aromatic heterocycles. The predicted octanol–water partition coefficient (Wildman–Crippen LogP) is 4.79. The monoisotopic (exact) mass is 414 g/mol. The molecule has 1 saturated heterocycles. The molecule has 2 aliphatic heterocycles. The van der Waals surface area contributed by atoms with E-state index >= 15 is 0 Å². The lowest BCUT2D eigenvalue weighted by atomic mass is 9.96. The van der Waals surface area contributed by atoms with Crippen LogP contribution in [-0.2, 0) is 4.79 Å². The Labute approximate surface area is 184 Å². The van der Waals surface area contributed by atoms with E-state index < -0.39 is 0 Å². The molecule has 3 aromatic rings. The van der Waals surface area contributed by atoms with E-state index in [-0.39, 0.29) is 5.91 Å². The molecule has 0 unspecified atom stereocenters. The van der Waals surface area contributed by atoms with Gasteiger partial charge in [0.05, 0.1) is 11.4 Å². The molecule has 0 spiro atoms. The van der Waals surface area contributed by atoms with Crippen molar-refractivity contribution in [3.8, 4) is 11.1 Å². The molecule has 0 bridgehead atoms. The lowest BCUT2D eigenvalue weighted by Gasteiger charge is -2.21. The quantitative estimate of drug-likeness (QED) is 0.647. The zero-order chi connectivity index (χ0) is 21.4. The highest BCUT2D eigenvalue weighted by Gasteiger charge is 2.24. The van der Waals surface area contributed by atoms with Crippen molar-refractivity contribution >= 4 is 33.7 Å². The van der Waals surface area contributed by atoms with Crippen LogP contribution in [0.3, 0.4) is 0 Å². The number of hydrogen-bond donors (Lipinski definition) is 2. The Morgan fingerprint density at radius 1 is 1.10 bits per heavy atom. The molecule has 2 N–H and O–H groups in total. The lowest BCUT2D eigenvalue weighted by molar-refractivity contribution is -0.127. The molecule has 1 amide bonds. The molecule has 5 rings (SSSR count). The van der Waals surface area contributed by atoms with Gasteiger partial charge in [0, 0.05) is 51.9 Å². The SMILES string of the molecule is CC(=O)N1CC[C@H](Nc2cc(-c3ccc4c(c3)N(C)CCCN4)c3ccccc3c2)C1. The summed E-state index contributed by atoms with van der Waals surface area (Å²) >= 11 is 0. The highest BCUT2D eigenvalue weighted by molar-refractivity contribution is 6.00. The van der Waals surface area contributed by atoms with Gasteiger partial charge >= 0.3 is 0 Å². The Hall–Kier alpha value is -3.21. The summed E-state index contributed by atoms with van der Waals surface area (Å²) in [5.74, 6) is 0.159. The molecule has 5 nitrogen and oxygen atoms in total. The maximum atomic E-state index is 11.7. The average molecular weight is 415 g/mol. The Morgan fingerprint density at radius 2 is 1.97 bits per heavy atom. The highest BCUT2D eigenvalue weighted by atomic mass is 16.2. The molecule has 0 radical (unpaired) electrons. The number of anilines is 3. The van der Waals surface area contributed by atoms with E-state index in [2.05, 4.69) is 77.2 Å². The third kappa shape index (κ3) is 3.92. The molecule has 0 aliphatic carbocycles. The first kappa shape index (κ1) is 19.7. The first-order valence-corrected chi connectivity index (χ1v) is 11.2. The smallest absolute Gasteiger partial charge is 0.219 e. The second kappa shape index (κ2) is 8.14. The normalized spacial score (nSPS) is 18.5. The summed E-state index contributed by atoms with van der Waals surface area (Å²) in [6, 6.07) is 20.1. The van der Waals surface area contributed by atoms with E-state index in [1.807, 2.05) is 4.90 Å². The van der Waals surface area contributed by atoms with Gasteiger partial charge in [0.2, 0.25) is 5.91 Å². The van der Waals surface area contributed by atoms with Crippen LogP contribution in [0.1, 0.15) is 19.8 Å². The maximum absolute atomic E-state index is 11.7. The topological polar surface area (TPSA) is 47.6 Å². The molecule has 3 aromatic carbocycles. The number of nitrogens with zero attached hydrogens (tertiary/aromatic N) is 2. The van der Waals surface area contributed by atoms with Gasteiger partial charge < -0.3 is 20.4 Å². The van der Waals surface area contributed by atoms with E-state index in [0.717, 1.165) is 44.7 Å². The van der Waals surface area contributed by atoms with Crippen LogP contribution in [0.15, 0.2) is 54.6 Å². The summed E-state index contributed by atoms with van der Waals surface area (Å²) in [4.78, 5) is 16.0. The first-order chi connectivity index (χ1) is 15.1. The van der Waals surface area contributed by atoms with Gasteiger partial charge in [-0.1, -0.05) is 30.3 Å². The number of nitrogens with one attached hydrogen (secondary N) is 2. The van der Waals surface area contributed by atoms with E-state index in [4.69, 9.17) is 0 Å². The number of amides is 1. The largest absolute Gasteiger partial charge is 0.383 e. The molecule has 5 heteroatoms. The Morgan fingerprint density at radius 3 is 2.81 bits per heavy atom. The lowest BCUT2D eigenvalue weighted by Crippen LogP contribution is -2.29. The Kier molecular flexibility index (Phi) is 5.18. The van der Waals surface area contributed by atoms with Gasteiger partial charge in [-0.15, -0.1) is 0 Å². The number of likely N-dealkylation sites (tertiary alicyclic amines) is 1. The molecule has 0 saturated carbocycles. The van der Waals surface area contributed by atoms with Crippen LogP contribution in [0.2, 0.25) is 0 Å². The van der Waals surface area contributed by atoms with Crippen molar-refractivity contribution in [2.75, 3.05) is 48.8 Å². The number of carbonyl (C=O) groups excluding carboxylic acids is 1. The van der Waals surface area contributed by atoms with Crippen LogP contribution < -0.4 is 15.5 Å².